The first kappa shape index (κ1) is 20.7. The lowest BCUT2D eigenvalue weighted by Crippen LogP contribution is -2.15. The Morgan fingerprint density at radius 1 is 1.19 bits per heavy atom. The third-order valence-corrected chi connectivity index (χ3v) is 6.18. The molecule has 4 heterocycles. The lowest BCUT2D eigenvalue weighted by Gasteiger charge is -2.06. The van der Waals surface area contributed by atoms with Crippen LogP contribution in [0.5, 0.6) is 0 Å². The number of carbonyl (C=O) groups is 2. The summed E-state index contributed by atoms with van der Waals surface area (Å²) in [6.45, 7) is 8.35. The number of esters is 1. The fraction of sp³-hybridized carbons (Fsp3) is 0.286. The Morgan fingerprint density at radius 2 is 1.94 bits per heavy atom. The summed E-state index contributed by atoms with van der Waals surface area (Å²) < 4.78 is 12.2. The van der Waals surface area contributed by atoms with E-state index in [0.717, 1.165) is 17.0 Å². The van der Waals surface area contributed by atoms with E-state index in [1.165, 1.54) is 0 Å². The maximum atomic E-state index is 12.8. The van der Waals surface area contributed by atoms with E-state index in [0.29, 0.717) is 44.4 Å². The van der Waals surface area contributed by atoms with Crippen LogP contribution in [-0.4, -0.2) is 38.1 Å². The number of hydrogen-bond acceptors (Lipinski definition) is 8. The minimum absolute atomic E-state index is 0.259. The first-order valence-corrected chi connectivity index (χ1v) is 10.3. The van der Waals surface area contributed by atoms with Crippen LogP contribution in [0.1, 0.15) is 48.6 Å². The SMILES string of the molecule is Cc1nc2sc(C(=O)OCC(=O)c3cc(C)n(-c4cc(C)on4)c3C)c(C)c2c(=O)[nH]1. The van der Waals surface area contributed by atoms with Crippen LogP contribution in [0.25, 0.3) is 16.0 Å². The summed E-state index contributed by atoms with van der Waals surface area (Å²) in [6, 6.07) is 3.50. The maximum absolute atomic E-state index is 12.8. The molecule has 0 aliphatic heterocycles. The van der Waals surface area contributed by atoms with Crippen molar-refractivity contribution in [3.63, 3.8) is 0 Å². The topological polar surface area (TPSA) is 120 Å². The van der Waals surface area contributed by atoms with Crippen LogP contribution in [0, 0.1) is 34.6 Å². The van der Waals surface area contributed by atoms with Crippen molar-refractivity contribution in [3.05, 3.63) is 61.5 Å². The van der Waals surface area contributed by atoms with Gasteiger partial charge in [0.2, 0.25) is 5.78 Å². The Morgan fingerprint density at radius 3 is 2.61 bits per heavy atom. The molecule has 4 rings (SSSR count). The zero-order valence-corrected chi connectivity index (χ0v) is 18.5. The number of fused-ring (bicyclic) bond motifs is 1. The molecule has 0 saturated heterocycles. The Kier molecular flexibility index (Phi) is 5.10. The monoisotopic (exact) mass is 440 g/mol. The predicted molar refractivity (Wildman–Crippen MR) is 114 cm³/mol. The summed E-state index contributed by atoms with van der Waals surface area (Å²) in [4.78, 5) is 45.2. The molecule has 0 aliphatic rings. The molecule has 0 fully saturated rings. The number of ether oxygens (including phenoxy) is 1. The van der Waals surface area contributed by atoms with Crippen molar-refractivity contribution >= 4 is 33.3 Å². The minimum Gasteiger partial charge on any atom is -0.453 e. The number of nitrogens with one attached hydrogen (secondary N) is 1. The van der Waals surface area contributed by atoms with E-state index in [-0.39, 0.29) is 16.2 Å². The molecule has 0 bridgehead atoms. The van der Waals surface area contributed by atoms with Crippen molar-refractivity contribution in [2.24, 2.45) is 0 Å². The highest BCUT2D eigenvalue weighted by Gasteiger charge is 2.23. The van der Waals surface area contributed by atoms with Crippen molar-refractivity contribution in [3.8, 4) is 5.82 Å². The normalized spacial score (nSPS) is 11.3. The number of hydrogen-bond donors (Lipinski definition) is 1. The van der Waals surface area contributed by atoms with E-state index in [9.17, 15) is 14.4 Å². The van der Waals surface area contributed by atoms with Crippen LogP contribution in [0.4, 0.5) is 0 Å². The number of H-pyrrole nitrogens is 1. The van der Waals surface area contributed by atoms with Crippen molar-refractivity contribution in [1.29, 1.82) is 0 Å². The smallest absolute Gasteiger partial charge is 0.349 e. The first-order valence-electron chi connectivity index (χ1n) is 9.50. The summed E-state index contributed by atoms with van der Waals surface area (Å²) in [7, 11) is 0. The maximum Gasteiger partial charge on any atom is 0.349 e. The van der Waals surface area contributed by atoms with Gasteiger partial charge in [0.15, 0.2) is 12.4 Å². The largest absolute Gasteiger partial charge is 0.453 e. The van der Waals surface area contributed by atoms with Gasteiger partial charge in [0, 0.05) is 23.0 Å². The molecule has 9 nitrogen and oxygen atoms in total. The molecule has 0 saturated carbocycles. The summed E-state index contributed by atoms with van der Waals surface area (Å²) in [5, 5.41) is 4.36. The molecule has 4 aromatic heterocycles. The summed E-state index contributed by atoms with van der Waals surface area (Å²) in [5.74, 6) is 0.709. The molecule has 0 aliphatic carbocycles. The van der Waals surface area contributed by atoms with Crippen molar-refractivity contribution in [2.45, 2.75) is 34.6 Å². The molecule has 0 amide bonds. The van der Waals surface area contributed by atoms with E-state index in [1.54, 1.807) is 39.8 Å². The zero-order valence-electron chi connectivity index (χ0n) is 17.7. The van der Waals surface area contributed by atoms with Gasteiger partial charge in [0.05, 0.1) is 5.39 Å². The average molecular weight is 440 g/mol. The summed E-state index contributed by atoms with van der Waals surface area (Å²) in [5.41, 5.74) is 2.11. The van der Waals surface area contributed by atoms with Gasteiger partial charge in [-0.05, 0) is 46.2 Å². The van der Waals surface area contributed by atoms with Gasteiger partial charge in [-0.15, -0.1) is 11.3 Å². The van der Waals surface area contributed by atoms with Gasteiger partial charge in [-0.2, -0.15) is 0 Å². The minimum atomic E-state index is -0.660. The number of ketones is 1. The third kappa shape index (κ3) is 3.59. The highest BCUT2D eigenvalue weighted by molar-refractivity contribution is 7.20. The lowest BCUT2D eigenvalue weighted by atomic mass is 10.1. The van der Waals surface area contributed by atoms with Gasteiger partial charge in [-0.3, -0.25) is 14.2 Å². The van der Waals surface area contributed by atoms with Gasteiger partial charge >= 0.3 is 5.97 Å². The van der Waals surface area contributed by atoms with Crippen molar-refractivity contribution in [2.75, 3.05) is 6.61 Å². The molecule has 160 valence electrons. The number of aryl methyl sites for hydroxylation is 4. The molecule has 0 unspecified atom stereocenters. The van der Waals surface area contributed by atoms with Crippen LogP contribution in [0.15, 0.2) is 21.5 Å². The van der Waals surface area contributed by atoms with E-state index < -0.39 is 12.6 Å². The van der Waals surface area contributed by atoms with Crippen LogP contribution in [-0.2, 0) is 4.74 Å². The highest BCUT2D eigenvalue weighted by Crippen LogP contribution is 2.28. The molecule has 0 spiro atoms. The predicted octanol–water partition coefficient (Wildman–Crippen LogP) is 3.35. The summed E-state index contributed by atoms with van der Waals surface area (Å²) in [6.07, 6.45) is 0. The van der Waals surface area contributed by atoms with E-state index >= 15 is 0 Å². The second-order valence-electron chi connectivity index (χ2n) is 7.30. The van der Waals surface area contributed by atoms with Crippen LogP contribution < -0.4 is 5.56 Å². The molecule has 10 heteroatoms. The quantitative estimate of drug-likeness (QED) is 0.373. The van der Waals surface area contributed by atoms with Crippen LogP contribution >= 0.6 is 11.3 Å². The fourth-order valence-electron chi connectivity index (χ4n) is 3.58. The highest BCUT2D eigenvalue weighted by atomic mass is 32.1. The van der Waals surface area contributed by atoms with Crippen molar-refractivity contribution < 1.29 is 18.8 Å². The Labute approximate surface area is 180 Å². The van der Waals surface area contributed by atoms with E-state index in [2.05, 4.69) is 15.1 Å². The second-order valence-corrected chi connectivity index (χ2v) is 8.30. The van der Waals surface area contributed by atoms with Crippen LogP contribution in [0.3, 0.4) is 0 Å². The Balaban J connectivity index is 1.55. The Bertz CT molecular complexity index is 1410. The molecular formula is C21H20N4O5S. The number of Topliss-reactive ketones (excluding diaryl/α,β-unsaturated/α-hetero) is 1. The van der Waals surface area contributed by atoms with Gasteiger partial charge in [-0.1, -0.05) is 5.16 Å². The number of nitrogens with zero attached hydrogens (tertiary/aromatic N) is 3. The molecule has 4 aromatic rings. The number of carbonyl (C=O) groups excluding carboxylic acids is 2. The average Bonchev–Trinajstić information content (AvgIpc) is 3.35. The Hall–Kier alpha value is -3.53. The number of rotatable bonds is 5. The molecule has 0 radical (unpaired) electrons. The molecule has 0 atom stereocenters. The van der Waals surface area contributed by atoms with Gasteiger partial charge in [0.1, 0.15) is 21.3 Å². The van der Waals surface area contributed by atoms with E-state index in [1.807, 2.05) is 11.5 Å². The third-order valence-electron chi connectivity index (χ3n) is 5.01. The number of thiophene rings is 1. The molecule has 0 aromatic carbocycles. The standard InChI is InChI=1S/C21H20N4O5S/c1-9-6-14(12(4)25(9)16-7-10(2)30-24-16)15(26)8-29-21(28)18-11(3)17-19(27)22-13(5)23-20(17)31-18/h6-7H,8H2,1-5H3,(H,22,23,27). The number of aromatic nitrogens is 4. The van der Waals surface area contributed by atoms with Crippen LogP contribution in [0.2, 0.25) is 0 Å². The lowest BCUT2D eigenvalue weighted by molar-refractivity contribution is 0.0479. The fourth-order valence-corrected chi connectivity index (χ4v) is 4.70. The molecular weight excluding hydrogens is 420 g/mol. The number of aromatic amines is 1. The zero-order chi connectivity index (χ0) is 22.4. The molecule has 31 heavy (non-hydrogen) atoms. The van der Waals surface area contributed by atoms with Gasteiger partial charge in [0.25, 0.3) is 5.56 Å². The van der Waals surface area contributed by atoms with E-state index in [4.69, 9.17) is 9.26 Å². The second kappa shape index (κ2) is 7.62. The molecule has 1 N–H and O–H groups in total. The van der Waals surface area contributed by atoms with Gasteiger partial charge in [-0.25, -0.2) is 9.78 Å². The summed E-state index contributed by atoms with van der Waals surface area (Å²) >= 11 is 1.08. The van der Waals surface area contributed by atoms with Crippen molar-refractivity contribution in [1.82, 2.24) is 19.7 Å². The first-order chi connectivity index (χ1) is 14.7. The van der Waals surface area contributed by atoms with Gasteiger partial charge < -0.3 is 14.2 Å².